The summed E-state index contributed by atoms with van der Waals surface area (Å²) >= 11 is 0. The molecule has 19 heavy (non-hydrogen) atoms. The molecule has 5 nitrogen and oxygen atoms in total. The summed E-state index contributed by atoms with van der Waals surface area (Å²) in [6.45, 7) is 4.17. The molecule has 0 saturated heterocycles. The summed E-state index contributed by atoms with van der Waals surface area (Å²) in [7, 11) is 0. The van der Waals surface area contributed by atoms with Crippen molar-refractivity contribution in [2.45, 2.75) is 71.6 Å². The molecule has 0 rings (SSSR count). The fourth-order valence-corrected chi connectivity index (χ4v) is 1.41. The molecule has 0 fully saturated rings. The van der Waals surface area contributed by atoms with E-state index in [0.29, 0.717) is 5.78 Å². The smallest absolute Gasteiger partial charge is 0.314 e. The van der Waals surface area contributed by atoms with Crippen LogP contribution >= 0.6 is 0 Å². The standard InChI is InChI=1S/C11H22O.C3H4O4/c1-3-5-6-7-8-9-10-11(12)4-2;4-2(5)1-3(6)7/h3-10H2,1-2H3;1H2,(H,4,5)(H,6,7). The Morgan fingerprint density at radius 2 is 1.26 bits per heavy atom. The highest BCUT2D eigenvalue weighted by atomic mass is 16.4. The van der Waals surface area contributed by atoms with E-state index in [0.717, 1.165) is 19.3 Å². The maximum atomic E-state index is 10.9. The Hall–Kier alpha value is -1.39. The monoisotopic (exact) mass is 274 g/mol. The number of aliphatic carboxylic acids is 2. The van der Waals surface area contributed by atoms with Gasteiger partial charge in [0.05, 0.1) is 0 Å². The van der Waals surface area contributed by atoms with E-state index in [-0.39, 0.29) is 0 Å². The van der Waals surface area contributed by atoms with Gasteiger partial charge in [0.1, 0.15) is 12.2 Å². The molecule has 0 aromatic rings. The molecular formula is C14H26O5. The van der Waals surface area contributed by atoms with E-state index < -0.39 is 18.4 Å². The largest absolute Gasteiger partial charge is 0.481 e. The van der Waals surface area contributed by atoms with E-state index in [2.05, 4.69) is 6.92 Å². The van der Waals surface area contributed by atoms with Crippen molar-refractivity contribution in [3.63, 3.8) is 0 Å². The van der Waals surface area contributed by atoms with Gasteiger partial charge in [-0.1, -0.05) is 46.0 Å². The van der Waals surface area contributed by atoms with Crippen LogP contribution in [0.25, 0.3) is 0 Å². The molecule has 0 amide bonds. The van der Waals surface area contributed by atoms with Gasteiger partial charge in [-0.05, 0) is 6.42 Å². The molecule has 0 aliphatic rings. The number of carboxylic acid groups (broad SMARTS) is 2. The number of carboxylic acids is 2. The zero-order chi connectivity index (χ0) is 15.1. The number of hydrogen-bond donors (Lipinski definition) is 2. The Labute approximate surface area is 115 Å². The van der Waals surface area contributed by atoms with E-state index >= 15 is 0 Å². The van der Waals surface area contributed by atoms with Crippen LogP contribution in [0, 0.1) is 0 Å². The first-order valence-corrected chi connectivity index (χ1v) is 6.89. The van der Waals surface area contributed by atoms with Gasteiger partial charge in [0.15, 0.2) is 0 Å². The molecule has 112 valence electrons. The number of carbonyl (C=O) groups is 3. The first kappa shape index (κ1) is 19.9. The highest BCUT2D eigenvalue weighted by Crippen LogP contribution is 2.07. The van der Waals surface area contributed by atoms with E-state index in [1.165, 1.54) is 32.1 Å². The first-order chi connectivity index (χ1) is 8.93. The molecular weight excluding hydrogens is 248 g/mol. The molecule has 0 atom stereocenters. The number of rotatable bonds is 10. The molecule has 0 heterocycles. The van der Waals surface area contributed by atoms with Crippen molar-refractivity contribution in [3.8, 4) is 0 Å². The zero-order valence-corrected chi connectivity index (χ0v) is 12.0. The predicted octanol–water partition coefficient (Wildman–Crippen LogP) is 3.26. The molecule has 0 radical (unpaired) electrons. The molecule has 0 saturated carbocycles. The maximum absolute atomic E-state index is 10.9. The summed E-state index contributed by atoms with van der Waals surface area (Å²) in [6, 6.07) is 0. The normalized spacial score (nSPS) is 9.37. The van der Waals surface area contributed by atoms with Gasteiger partial charge in [0.25, 0.3) is 0 Å². The van der Waals surface area contributed by atoms with Crippen LogP contribution in [0.1, 0.15) is 71.6 Å². The van der Waals surface area contributed by atoms with Crippen molar-refractivity contribution in [2.75, 3.05) is 0 Å². The molecule has 0 aliphatic carbocycles. The number of carbonyl (C=O) groups excluding carboxylic acids is 1. The van der Waals surface area contributed by atoms with Crippen LogP contribution in [0.15, 0.2) is 0 Å². The van der Waals surface area contributed by atoms with Crippen LogP contribution in [-0.2, 0) is 14.4 Å². The molecule has 0 unspecified atom stereocenters. The van der Waals surface area contributed by atoms with Crippen molar-refractivity contribution in [1.29, 1.82) is 0 Å². The summed E-state index contributed by atoms with van der Waals surface area (Å²) in [5.41, 5.74) is 0. The van der Waals surface area contributed by atoms with Crippen LogP contribution in [-0.4, -0.2) is 27.9 Å². The molecule has 0 aromatic heterocycles. The lowest BCUT2D eigenvalue weighted by Gasteiger charge is -1.98. The fraction of sp³-hybridized carbons (Fsp3) is 0.786. The van der Waals surface area contributed by atoms with Crippen molar-refractivity contribution >= 4 is 17.7 Å². The lowest BCUT2D eigenvalue weighted by molar-refractivity contribution is -0.147. The molecule has 2 N–H and O–H groups in total. The quantitative estimate of drug-likeness (QED) is 0.471. The van der Waals surface area contributed by atoms with E-state index in [1.807, 2.05) is 6.92 Å². The van der Waals surface area contributed by atoms with E-state index in [9.17, 15) is 14.4 Å². The molecule has 5 heteroatoms. The average Bonchev–Trinajstić information content (AvgIpc) is 2.32. The summed E-state index contributed by atoms with van der Waals surface area (Å²) in [4.78, 5) is 29.8. The second-order valence-electron chi connectivity index (χ2n) is 4.37. The van der Waals surface area contributed by atoms with Gasteiger partial charge in [-0.3, -0.25) is 14.4 Å². The van der Waals surface area contributed by atoms with Crippen molar-refractivity contribution in [3.05, 3.63) is 0 Å². The van der Waals surface area contributed by atoms with Crippen LogP contribution < -0.4 is 0 Å². The first-order valence-electron chi connectivity index (χ1n) is 6.89. The van der Waals surface area contributed by atoms with Crippen LogP contribution in [0.2, 0.25) is 0 Å². The number of unbranched alkanes of at least 4 members (excludes halogenated alkanes) is 5. The van der Waals surface area contributed by atoms with Crippen LogP contribution in [0.5, 0.6) is 0 Å². The van der Waals surface area contributed by atoms with E-state index in [1.54, 1.807) is 0 Å². The minimum absolute atomic E-state index is 0.422. The van der Waals surface area contributed by atoms with E-state index in [4.69, 9.17) is 10.2 Å². The Balaban J connectivity index is 0. The topological polar surface area (TPSA) is 91.7 Å². The summed E-state index contributed by atoms with van der Waals surface area (Å²) < 4.78 is 0. The SMILES string of the molecule is CCCCCCCCC(=O)CC.O=C(O)CC(=O)O. The maximum Gasteiger partial charge on any atom is 0.314 e. The Kier molecular flexibility index (Phi) is 15.4. The highest BCUT2D eigenvalue weighted by Gasteiger charge is 2.01. The summed E-state index contributed by atoms with van der Waals surface area (Å²) in [5, 5.41) is 15.4. The third kappa shape index (κ3) is 22.3. The van der Waals surface area contributed by atoms with Crippen LogP contribution in [0.4, 0.5) is 0 Å². The Bertz CT molecular complexity index is 249. The minimum atomic E-state index is -1.31. The van der Waals surface area contributed by atoms with Crippen molar-refractivity contribution < 1.29 is 24.6 Å². The second-order valence-corrected chi connectivity index (χ2v) is 4.37. The summed E-state index contributed by atoms with van der Waals surface area (Å²) in [6.07, 6.45) is 8.37. The Morgan fingerprint density at radius 3 is 1.63 bits per heavy atom. The third-order valence-corrected chi connectivity index (χ3v) is 2.51. The Morgan fingerprint density at radius 1 is 0.789 bits per heavy atom. The molecule has 0 aromatic carbocycles. The number of ketones is 1. The third-order valence-electron chi connectivity index (χ3n) is 2.51. The van der Waals surface area contributed by atoms with Gasteiger partial charge in [0.2, 0.25) is 0 Å². The van der Waals surface area contributed by atoms with Gasteiger partial charge >= 0.3 is 11.9 Å². The van der Waals surface area contributed by atoms with Crippen molar-refractivity contribution in [2.24, 2.45) is 0 Å². The number of Topliss-reactive ketones (excluding diaryl/α,β-unsaturated/α-hetero) is 1. The zero-order valence-electron chi connectivity index (χ0n) is 12.0. The van der Waals surface area contributed by atoms with Gasteiger partial charge in [-0.2, -0.15) is 0 Å². The highest BCUT2D eigenvalue weighted by molar-refractivity contribution is 5.88. The van der Waals surface area contributed by atoms with Gasteiger partial charge in [0, 0.05) is 12.8 Å². The van der Waals surface area contributed by atoms with Crippen molar-refractivity contribution in [1.82, 2.24) is 0 Å². The van der Waals surface area contributed by atoms with Gasteiger partial charge in [-0.25, -0.2) is 0 Å². The molecule has 0 bridgehead atoms. The van der Waals surface area contributed by atoms with Crippen LogP contribution in [0.3, 0.4) is 0 Å². The average molecular weight is 274 g/mol. The fourth-order valence-electron chi connectivity index (χ4n) is 1.41. The number of hydrogen-bond acceptors (Lipinski definition) is 3. The molecule has 0 spiro atoms. The minimum Gasteiger partial charge on any atom is -0.481 e. The summed E-state index contributed by atoms with van der Waals surface area (Å²) in [5.74, 6) is -2.20. The second kappa shape index (κ2) is 14.7. The van der Waals surface area contributed by atoms with Gasteiger partial charge in [-0.15, -0.1) is 0 Å². The predicted molar refractivity (Wildman–Crippen MR) is 73.2 cm³/mol. The lowest BCUT2D eigenvalue weighted by atomic mass is 10.1. The molecule has 0 aliphatic heterocycles. The van der Waals surface area contributed by atoms with Gasteiger partial charge < -0.3 is 10.2 Å². The lowest BCUT2D eigenvalue weighted by Crippen LogP contribution is -2.03.